The average Bonchev–Trinajstić information content (AvgIpc) is 2.50. The lowest BCUT2D eigenvalue weighted by molar-refractivity contribution is -0.143. The van der Waals surface area contributed by atoms with Gasteiger partial charge in [0.15, 0.2) is 0 Å². The summed E-state index contributed by atoms with van der Waals surface area (Å²) in [5.74, 6) is -1.97. The van der Waals surface area contributed by atoms with E-state index in [9.17, 15) is 14.4 Å². The molecule has 3 N–H and O–H groups in total. The number of carbonyl (C=O) groups is 3. The van der Waals surface area contributed by atoms with Gasteiger partial charge in [0.2, 0.25) is 11.8 Å². The zero-order valence-corrected chi connectivity index (χ0v) is 13.7. The van der Waals surface area contributed by atoms with Crippen LogP contribution in [0.1, 0.15) is 45.2 Å². The van der Waals surface area contributed by atoms with Crippen molar-refractivity contribution in [3.8, 4) is 0 Å². The van der Waals surface area contributed by atoms with Crippen molar-refractivity contribution in [3.05, 3.63) is 35.9 Å². The highest BCUT2D eigenvalue weighted by molar-refractivity contribution is 5.87. The monoisotopic (exact) mass is 320 g/mol. The molecule has 0 saturated heterocycles. The van der Waals surface area contributed by atoms with Crippen LogP contribution < -0.4 is 10.6 Å². The topological polar surface area (TPSA) is 95.5 Å². The molecule has 0 fully saturated rings. The lowest BCUT2D eigenvalue weighted by atomic mass is 10.0. The highest BCUT2D eigenvalue weighted by Crippen LogP contribution is 2.11. The maximum absolute atomic E-state index is 11.9. The molecule has 0 unspecified atom stereocenters. The van der Waals surface area contributed by atoms with Crippen molar-refractivity contribution in [1.82, 2.24) is 10.6 Å². The van der Waals surface area contributed by atoms with Gasteiger partial charge in [-0.1, -0.05) is 44.2 Å². The van der Waals surface area contributed by atoms with E-state index >= 15 is 0 Å². The number of amides is 2. The molecule has 6 heteroatoms. The van der Waals surface area contributed by atoms with E-state index in [1.54, 1.807) is 13.8 Å². The summed E-state index contributed by atoms with van der Waals surface area (Å²) in [5, 5.41) is 14.3. The first-order chi connectivity index (χ1) is 10.8. The third-order valence-corrected chi connectivity index (χ3v) is 3.51. The van der Waals surface area contributed by atoms with Crippen LogP contribution in [0.2, 0.25) is 0 Å². The molecule has 1 aromatic carbocycles. The second-order valence-electron chi connectivity index (χ2n) is 5.83. The first kappa shape index (κ1) is 18.7. The van der Waals surface area contributed by atoms with Crippen molar-refractivity contribution in [2.24, 2.45) is 5.92 Å². The van der Waals surface area contributed by atoms with Gasteiger partial charge in [-0.25, -0.2) is 4.79 Å². The number of carbonyl (C=O) groups excluding carboxylic acids is 2. The van der Waals surface area contributed by atoms with Crippen LogP contribution in [-0.4, -0.2) is 28.9 Å². The quantitative estimate of drug-likeness (QED) is 0.681. The normalized spacial score (nSPS) is 13.2. The Morgan fingerprint density at radius 1 is 0.957 bits per heavy atom. The van der Waals surface area contributed by atoms with Crippen molar-refractivity contribution >= 4 is 17.8 Å². The van der Waals surface area contributed by atoms with Gasteiger partial charge in [0.25, 0.3) is 0 Å². The molecule has 1 aromatic rings. The summed E-state index contributed by atoms with van der Waals surface area (Å²) in [6, 6.07) is 8.43. The van der Waals surface area contributed by atoms with Gasteiger partial charge in [0.1, 0.15) is 6.04 Å². The van der Waals surface area contributed by atoms with Crippen molar-refractivity contribution < 1.29 is 19.5 Å². The molecule has 6 nitrogen and oxygen atoms in total. The minimum atomic E-state index is -1.07. The molecule has 23 heavy (non-hydrogen) atoms. The molecular weight excluding hydrogens is 296 g/mol. The molecular formula is C17H24N2O4. The predicted molar refractivity (Wildman–Crippen MR) is 86.6 cm³/mol. The molecule has 0 spiro atoms. The number of carboxylic acid groups (broad SMARTS) is 1. The Hall–Kier alpha value is -2.37. The van der Waals surface area contributed by atoms with Crippen LogP contribution in [0.5, 0.6) is 0 Å². The lowest BCUT2D eigenvalue weighted by Crippen LogP contribution is -2.44. The molecule has 2 atom stereocenters. The predicted octanol–water partition coefficient (Wildman–Crippen LogP) is 1.87. The maximum Gasteiger partial charge on any atom is 0.326 e. The van der Waals surface area contributed by atoms with Crippen LogP contribution in [0.3, 0.4) is 0 Å². The van der Waals surface area contributed by atoms with Crippen LogP contribution in [-0.2, 0) is 14.4 Å². The number of benzene rings is 1. The Morgan fingerprint density at radius 2 is 1.48 bits per heavy atom. The molecule has 0 bridgehead atoms. The molecule has 0 radical (unpaired) electrons. The number of hydrogen-bond acceptors (Lipinski definition) is 3. The molecule has 0 aliphatic heterocycles. The SMILES string of the molecule is CC(C)[C@H](NC(=O)CCC(=O)N[C@H](C)c1ccccc1)C(=O)O. The molecule has 2 amide bonds. The van der Waals surface area contributed by atoms with Crippen LogP contribution in [0.15, 0.2) is 30.3 Å². The first-order valence-corrected chi connectivity index (χ1v) is 7.67. The van der Waals surface area contributed by atoms with Gasteiger partial charge in [0, 0.05) is 12.8 Å². The average molecular weight is 320 g/mol. The summed E-state index contributed by atoms with van der Waals surface area (Å²) in [5.41, 5.74) is 0.982. The molecule has 0 aliphatic rings. The number of nitrogens with one attached hydrogen (secondary N) is 2. The van der Waals surface area contributed by atoms with Crippen molar-refractivity contribution in [2.45, 2.75) is 45.7 Å². The van der Waals surface area contributed by atoms with E-state index in [1.165, 1.54) is 0 Å². The Kier molecular flexibility index (Phi) is 7.25. The van der Waals surface area contributed by atoms with Crippen LogP contribution >= 0.6 is 0 Å². The Morgan fingerprint density at radius 3 is 1.96 bits per heavy atom. The third kappa shape index (κ3) is 6.50. The van der Waals surface area contributed by atoms with Crippen LogP contribution in [0, 0.1) is 5.92 Å². The van der Waals surface area contributed by atoms with E-state index in [-0.39, 0.29) is 30.7 Å². The van der Waals surface area contributed by atoms with E-state index in [1.807, 2.05) is 37.3 Å². The summed E-state index contributed by atoms with van der Waals surface area (Å²) >= 11 is 0. The summed E-state index contributed by atoms with van der Waals surface area (Å²) in [6.07, 6.45) is -0.0166. The fourth-order valence-electron chi connectivity index (χ4n) is 2.12. The summed E-state index contributed by atoms with van der Waals surface area (Å²) in [7, 11) is 0. The Labute approximate surface area is 136 Å². The van der Waals surface area contributed by atoms with Gasteiger partial charge < -0.3 is 15.7 Å². The largest absolute Gasteiger partial charge is 0.480 e. The standard InChI is InChI=1S/C17H24N2O4/c1-11(2)16(17(22)23)19-15(21)10-9-14(20)18-12(3)13-7-5-4-6-8-13/h4-8,11-12,16H,9-10H2,1-3H3,(H,18,20)(H,19,21)(H,22,23)/t12-,16+/m1/s1. The Balaban J connectivity index is 2.41. The van der Waals surface area contributed by atoms with E-state index in [0.717, 1.165) is 5.56 Å². The fourth-order valence-corrected chi connectivity index (χ4v) is 2.12. The van der Waals surface area contributed by atoms with Crippen molar-refractivity contribution in [2.75, 3.05) is 0 Å². The lowest BCUT2D eigenvalue weighted by Gasteiger charge is -2.18. The second-order valence-corrected chi connectivity index (χ2v) is 5.83. The van der Waals surface area contributed by atoms with E-state index in [0.29, 0.717) is 0 Å². The third-order valence-electron chi connectivity index (χ3n) is 3.51. The first-order valence-electron chi connectivity index (χ1n) is 7.67. The molecule has 0 saturated carbocycles. The van der Waals surface area contributed by atoms with Gasteiger partial charge >= 0.3 is 5.97 Å². The zero-order valence-electron chi connectivity index (χ0n) is 13.7. The number of rotatable bonds is 8. The minimum absolute atomic E-state index is 0.0213. The number of carboxylic acids is 1. The van der Waals surface area contributed by atoms with Crippen LogP contribution in [0.25, 0.3) is 0 Å². The molecule has 0 heterocycles. The summed E-state index contributed by atoms with van der Waals surface area (Å²) in [6.45, 7) is 5.30. The number of aliphatic carboxylic acids is 1. The Bertz CT molecular complexity index is 543. The van der Waals surface area contributed by atoms with Crippen LogP contribution in [0.4, 0.5) is 0 Å². The zero-order chi connectivity index (χ0) is 17.4. The van der Waals surface area contributed by atoms with E-state index < -0.39 is 17.9 Å². The highest BCUT2D eigenvalue weighted by Gasteiger charge is 2.23. The second kappa shape index (κ2) is 8.92. The van der Waals surface area contributed by atoms with Crippen molar-refractivity contribution in [1.29, 1.82) is 0 Å². The smallest absolute Gasteiger partial charge is 0.326 e. The summed E-state index contributed by atoms with van der Waals surface area (Å²) in [4.78, 5) is 34.7. The molecule has 1 rings (SSSR count). The van der Waals surface area contributed by atoms with E-state index in [4.69, 9.17) is 5.11 Å². The molecule has 0 aromatic heterocycles. The van der Waals surface area contributed by atoms with Gasteiger partial charge in [-0.05, 0) is 18.4 Å². The minimum Gasteiger partial charge on any atom is -0.480 e. The molecule has 126 valence electrons. The molecule has 0 aliphatic carbocycles. The fraction of sp³-hybridized carbons (Fsp3) is 0.471. The van der Waals surface area contributed by atoms with E-state index in [2.05, 4.69) is 10.6 Å². The van der Waals surface area contributed by atoms with Gasteiger partial charge in [-0.15, -0.1) is 0 Å². The van der Waals surface area contributed by atoms with Gasteiger partial charge in [-0.3, -0.25) is 9.59 Å². The number of hydrogen-bond donors (Lipinski definition) is 3. The van der Waals surface area contributed by atoms with Gasteiger partial charge in [-0.2, -0.15) is 0 Å². The summed E-state index contributed by atoms with van der Waals surface area (Å²) < 4.78 is 0. The highest BCUT2D eigenvalue weighted by atomic mass is 16.4. The van der Waals surface area contributed by atoms with Gasteiger partial charge in [0.05, 0.1) is 6.04 Å². The maximum atomic E-state index is 11.9. The van der Waals surface area contributed by atoms with Crippen molar-refractivity contribution in [3.63, 3.8) is 0 Å².